The maximum atomic E-state index is 13.3. The standard InChI is InChI=1S/C29H23FN2O2/c1-3-21-5-4-6-22(19-21)8-14-27-26(13-7-20(2)31-27)29(34)32-17-15-24(16-18-32)28(33)23-9-11-25(30)12-10-23/h1,4-7,9-13,19,24H,15-18H2,2H3. The van der Waals surface area contributed by atoms with Crippen LogP contribution in [0, 0.1) is 42.8 Å². The number of rotatable bonds is 3. The minimum atomic E-state index is -0.369. The molecule has 168 valence electrons. The van der Waals surface area contributed by atoms with E-state index in [1.54, 1.807) is 17.0 Å². The van der Waals surface area contributed by atoms with Gasteiger partial charge in [-0.1, -0.05) is 17.9 Å². The molecule has 2 aromatic carbocycles. The molecule has 0 spiro atoms. The van der Waals surface area contributed by atoms with E-state index in [1.165, 1.54) is 24.3 Å². The van der Waals surface area contributed by atoms with Gasteiger partial charge in [0.2, 0.25) is 0 Å². The molecule has 1 aromatic heterocycles. The number of piperidine rings is 1. The smallest absolute Gasteiger partial charge is 0.256 e. The number of halogens is 1. The molecule has 5 heteroatoms. The third kappa shape index (κ3) is 5.22. The second-order valence-electron chi connectivity index (χ2n) is 8.26. The van der Waals surface area contributed by atoms with Gasteiger partial charge in [-0.05, 0) is 80.3 Å². The normalized spacial score (nSPS) is 13.5. The van der Waals surface area contributed by atoms with Crippen molar-refractivity contribution in [2.45, 2.75) is 19.8 Å². The number of terminal acetylenes is 1. The van der Waals surface area contributed by atoms with Gasteiger partial charge in [0.05, 0.1) is 5.56 Å². The zero-order valence-electron chi connectivity index (χ0n) is 18.8. The maximum absolute atomic E-state index is 13.3. The molecule has 4 rings (SSSR count). The molecule has 0 atom stereocenters. The monoisotopic (exact) mass is 450 g/mol. The van der Waals surface area contributed by atoms with Gasteiger partial charge in [-0.2, -0.15) is 0 Å². The van der Waals surface area contributed by atoms with Crippen LogP contribution in [-0.2, 0) is 0 Å². The summed E-state index contributed by atoms with van der Waals surface area (Å²) in [5, 5.41) is 0. The molecule has 0 bridgehead atoms. The summed E-state index contributed by atoms with van der Waals surface area (Å²) in [5.41, 5.74) is 3.60. The highest BCUT2D eigenvalue weighted by Crippen LogP contribution is 2.24. The lowest BCUT2D eigenvalue weighted by Gasteiger charge is -2.31. The number of carbonyl (C=O) groups excluding carboxylic acids is 2. The molecule has 0 saturated carbocycles. The second-order valence-corrected chi connectivity index (χ2v) is 8.26. The summed E-state index contributed by atoms with van der Waals surface area (Å²) in [6.07, 6.45) is 6.58. The van der Waals surface area contributed by atoms with Gasteiger partial charge in [0, 0.05) is 41.4 Å². The van der Waals surface area contributed by atoms with Crippen LogP contribution < -0.4 is 0 Å². The molecule has 2 heterocycles. The molecule has 0 aliphatic carbocycles. The molecule has 34 heavy (non-hydrogen) atoms. The first-order valence-corrected chi connectivity index (χ1v) is 11.1. The van der Waals surface area contributed by atoms with Crippen LogP contribution in [0.4, 0.5) is 4.39 Å². The van der Waals surface area contributed by atoms with E-state index in [0.717, 1.165) is 16.8 Å². The minimum absolute atomic E-state index is 0.00939. The van der Waals surface area contributed by atoms with E-state index in [-0.39, 0.29) is 23.4 Å². The van der Waals surface area contributed by atoms with E-state index in [4.69, 9.17) is 6.42 Å². The first kappa shape index (κ1) is 23.0. The lowest BCUT2D eigenvalue weighted by atomic mass is 9.88. The van der Waals surface area contributed by atoms with Crippen molar-refractivity contribution in [2.24, 2.45) is 5.92 Å². The first-order valence-electron chi connectivity index (χ1n) is 11.1. The van der Waals surface area contributed by atoms with Crippen LogP contribution in [0.2, 0.25) is 0 Å². The van der Waals surface area contributed by atoms with Crippen LogP contribution in [-0.4, -0.2) is 34.7 Å². The summed E-state index contributed by atoms with van der Waals surface area (Å²) in [6.45, 7) is 2.77. The van der Waals surface area contributed by atoms with Crippen molar-refractivity contribution in [3.8, 4) is 24.2 Å². The number of pyridine rings is 1. The van der Waals surface area contributed by atoms with E-state index in [0.29, 0.717) is 42.8 Å². The Morgan fingerprint density at radius 2 is 1.71 bits per heavy atom. The topological polar surface area (TPSA) is 50.3 Å². The molecule has 1 saturated heterocycles. The third-order valence-electron chi connectivity index (χ3n) is 5.90. The van der Waals surface area contributed by atoms with E-state index in [9.17, 15) is 14.0 Å². The van der Waals surface area contributed by atoms with Gasteiger partial charge in [0.1, 0.15) is 11.5 Å². The number of likely N-dealkylation sites (tertiary alicyclic amines) is 1. The van der Waals surface area contributed by atoms with Gasteiger partial charge in [0.25, 0.3) is 5.91 Å². The van der Waals surface area contributed by atoms with Gasteiger partial charge in [0.15, 0.2) is 5.78 Å². The second kappa shape index (κ2) is 10.1. The molecule has 0 N–H and O–H groups in total. The van der Waals surface area contributed by atoms with Crippen molar-refractivity contribution in [3.05, 3.63) is 100 Å². The number of Topliss-reactive ketones (excluding diaryl/α,β-unsaturated/α-hetero) is 1. The van der Waals surface area contributed by atoms with E-state index >= 15 is 0 Å². The molecule has 4 nitrogen and oxygen atoms in total. The predicted octanol–water partition coefficient (Wildman–Crippen LogP) is 4.65. The lowest BCUT2D eigenvalue weighted by molar-refractivity contribution is 0.0649. The minimum Gasteiger partial charge on any atom is -0.339 e. The quantitative estimate of drug-likeness (QED) is 0.431. The highest BCUT2D eigenvalue weighted by Gasteiger charge is 2.29. The Morgan fingerprint density at radius 1 is 1.00 bits per heavy atom. The van der Waals surface area contributed by atoms with Crippen molar-refractivity contribution in [2.75, 3.05) is 13.1 Å². The largest absolute Gasteiger partial charge is 0.339 e. The number of aromatic nitrogens is 1. The molecule has 1 aliphatic heterocycles. The fourth-order valence-electron chi connectivity index (χ4n) is 4.01. The highest BCUT2D eigenvalue weighted by molar-refractivity contribution is 5.99. The third-order valence-corrected chi connectivity index (χ3v) is 5.90. The van der Waals surface area contributed by atoms with Crippen molar-refractivity contribution in [1.82, 2.24) is 9.88 Å². The number of benzene rings is 2. The highest BCUT2D eigenvalue weighted by atomic mass is 19.1. The van der Waals surface area contributed by atoms with Gasteiger partial charge < -0.3 is 4.90 Å². The van der Waals surface area contributed by atoms with Crippen LogP contribution in [0.1, 0.15) is 56.1 Å². The van der Waals surface area contributed by atoms with Crippen LogP contribution in [0.15, 0.2) is 60.7 Å². The zero-order chi connectivity index (χ0) is 24.1. The van der Waals surface area contributed by atoms with Gasteiger partial charge in [-0.3, -0.25) is 9.59 Å². The van der Waals surface area contributed by atoms with Gasteiger partial charge in [-0.15, -0.1) is 6.42 Å². The summed E-state index contributed by atoms with van der Waals surface area (Å²) in [4.78, 5) is 32.3. The summed E-state index contributed by atoms with van der Waals surface area (Å²) in [5.74, 6) is 7.96. The molecule has 1 fully saturated rings. The Balaban J connectivity index is 1.49. The Labute approximate surface area is 198 Å². The van der Waals surface area contributed by atoms with Crippen LogP contribution >= 0.6 is 0 Å². The molecule has 1 aliphatic rings. The number of amides is 1. The Morgan fingerprint density at radius 3 is 2.41 bits per heavy atom. The lowest BCUT2D eigenvalue weighted by Crippen LogP contribution is -2.40. The SMILES string of the molecule is C#Cc1cccc(C#Cc2nc(C)ccc2C(=O)N2CCC(C(=O)c3ccc(F)cc3)CC2)c1. The Kier molecular flexibility index (Phi) is 6.85. The molecule has 3 aromatic rings. The molecular weight excluding hydrogens is 427 g/mol. The number of hydrogen-bond donors (Lipinski definition) is 0. The number of carbonyl (C=O) groups is 2. The van der Waals surface area contributed by atoms with Crippen LogP contribution in [0.5, 0.6) is 0 Å². The molecular formula is C29H23FN2O2. The maximum Gasteiger partial charge on any atom is 0.256 e. The number of aryl methyl sites for hydroxylation is 1. The predicted molar refractivity (Wildman–Crippen MR) is 129 cm³/mol. The van der Waals surface area contributed by atoms with Crippen LogP contribution in [0.3, 0.4) is 0 Å². The molecule has 1 amide bonds. The first-order chi connectivity index (χ1) is 16.4. The summed E-state index contributed by atoms with van der Waals surface area (Å²) in [6, 6.07) is 16.5. The fraction of sp³-hybridized carbons (Fsp3) is 0.207. The number of ketones is 1. The summed E-state index contributed by atoms with van der Waals surface area (Å²) >= 11 is 0. The molecule has 0 unspecified atom stereocenters. The molecule has 0 radical (unpaired) electrons. The Hall–Kier alpha value is -4.22. The average molecular weight is 451 g/mol. The van der Waals surface area contributed by atoms with E-state index in [1.807, 2.05) is 31.2 Å². The number of nitrogens with zero attached hydrogens (tertiary/aromatic N) is 2. The van der Waals surface area contributed by atoms with Gasteiger partial charge in [-0.25, -0.2) is 9.37 Å². The average Bonchev–Trinajstić information content (AvgIpc) is 2.87. The Bertz CT molecular complexity index is 1340. The summed E-state index contributed by atoms with van der Waals surface area (Å²) < 4.78 is 13.2. The van der Waals surface area contributed by atoms with E-state index < -0.39 is 0 Å². The van der Waals surface area contributed by atoms with Crippen molar-refractivity contribution in [1.29, 1.82) is 0 Å². The van der Waals surface area contributed by atoms with E-state index in [2.05, 4.69) is 22.7 Å². The van der Waals surface area contributed by atoms with Crippen molar-refractivity contribution >= 4 is 11.7 Å². The van der Waals surface area contributed by atoms with Crippen LogP contribution in [0.25, 0.3) is 0 Å². The van der Waals surface area contributed by atoms with Gasteiger partial charge >= 0.3 is 0 Å². The fourth-order valence-corrected chi connectivity index (χ4v) is 4.01. The van der Waals surface area contributed by atoms with Crippen molar-refractivity contribution in [3.63, 3.8) is 0 Å². The zero-order valence-corrected chi connectivity index (χ0v) is 18.8. The number of hydrogen-bond acceptors (Lipinski definition) is 3. The summed E-state index contributed by atoms with van der Waals surface area (Å²) in [7, 11) is 0. The van der Waals surface area contributed by atoms with Crippen molar-refractivity contribution < 1.29 is 14.0 Å².